The first kappa shape index (κ1) is 19.7. The van der Waals surface area contributed by atoms with Crippen molar-refractivity contribution in [3.63, 3.8) is 0 Å². The second kappa shape index (κ2) is 8.74. The topological polar surface area (TPSA) is 35.6 Å². The number of thiophene rings is 1. The van der Waals surface area contributed by atoms with E-state index in [-0.39, 0.29) is 5.91 Å². The first-order chi connectivity index (χ1) is 12.5. The normalized spacial score (nSPS) is 17.1. The minimum Gasteiger partial charge on any atom is -0.370 e. The summed E-state index contributed by atoms with van der Waals surface area (Å²) in [4.78, 5) is 18.0. The zero-order valence-electron chi connectivity index (χ0n) is 15.0. The molecule has 3 rings (SSSR count). The third-order valence-corrected chi connectivity index (χ3v) is 6.60. The van der Waals surface area contributed by atoms with E-state index < -0.39 is 0 Å². The molecule has 26 heavy (non-hydrogen) atoms. The molecule has 0 aliphatic carbocycles. The maximum absolute atomic E-state index is 12.6. The Labute approximate surface area is 172 Å². The monoisotopic (exact) mass is 455 g/mol. The Morgan fingerprint density at radius 2 is 2.12 bits per heavy atom. The Bertz CT molecular complexity index is 763. The molecule has 1 aromatic carbocycles. The van der Waals surface area contributed by atoms with Crippen LogP contribution in [0.1, 0.15) is 21.7 Å². The molecule has 2 heterocycles. The molecule has 140 valence electrons. The van der Waals surface area contributed by atoms with E-state index in [9.17, 15) is 4.79 Å². The van der Waals surface area contributed by atoms with E-state index in [0.29, 0.717) is 18.3 Å². The fourth-order valence-corrected chi connectivity index (χ4v) is 5.01. The van der Waals surface area contributed by atoms with Gasteiger partial charge in [-0.1, -0.05) is 0 Å². The number of nitrogens with zero attached hydrogens (tertiary/aromatic N) is 2. The average Bonchev–Trinajstić information content (AvgIpc) is 3.23. The SMILES string of the molecule is CN(C)[C@@H]1CCN(c2ccc(NC(=O)c3sc(Br)cc3CCCl)cc2)C1. The second-order valence-electron chi connectivity index (χ2n) is 6.70. The number of amides is 1. The van der Waals surface area contributed by atoms with Crippen molar-refractivity contribution in [2.75, 3.05) is 43.3 Å². The number of likely N-dealkylation sites (N-methyl/N-ethyl adjacent to an activating group) is 1. The highest BCUT2D eigenvalue weighted by Gasteiger charge is 2.24. The highest BCUT2D eigenvalue weighted by atomic mass is 79.9. The molecule has 0 unspecified atom stereocenters. The Kier molecular flexibility index (Phi) is 6.61. The van der Waals surface area contributed by atoms with Crippen LogP contribution >= 0.6 is 38.9 Å². The van der Waals surface area contributed by atoms with Crippen molar-refractivity contribution in [2.24, 2.45) is 0 Å². The van der Waals surface area contributed by atoms with E-state index in [1.54, 1.807) is 0 Å². The molecule has 7 heteroatoms. The lowest BCUT2D eigenvalue weighted by Gasteiger charge is -2.22. The van der Waals surface area contributed by atoms with Gasteiger partial charge in [0.05, 0.1) is 8.66 Å². The van der Waals surface area contributed by atoms with Crippen molar-refractivity contribution in [3.05, 3.63) is 44.6 Å². The van der Waals surface area contributed by atoms with Gasteiger partial charge in [0.2, 0.25) is 0 Å². The molecule has 1 N–H and O–H groups in total. The summed E-state index contributed by atoms with van der Waals surface area (Å²) in [6.07, 6.45) is 1.87. The van der Waals surface area contributed by atoms with E-state index in [1.165, 1.54) is 23.4 Å². The van der Waals surface area contributed by atoms with E-state index in [1.807, 2.05) is 18.2 Å². The molecule has 0 saturated carbocycles. The molecule has 1 fully saturated rings. The first-order valence-corrected chi connectivity index (χ1v) is 10.8. The fourth-order valence-electron chi connectivity index (χ4n) is 3.22. The highest BCUT2D eigenvalue weighted by molar-refractivity contribution is 9.11. The van der Waals surface area contributed by atoms with Crippen molar-refractivity contribution >= 4 is 56.1 Å². The number of aryl methyl sites for hydroxylation is 1. The van der Waals surface area contributed by atoms with Gasteiger partial charge in [-0.15, -0.1) is 22.9 Å². The van der Waals surface area contributed by atoms with Crippen LogP contribution < -0.4 is 10.2 Å². The van der Waals surface area contributed by atoms with Gasteiger partial charge in [0.25, 0.3) is 5.91 Å². The van der Waals surface area contributed by atoms with Crippen LogP contribution in [-0.2, 0) is 6.42 Å². The number of halogens is 2. The van der Waals surface area contributed by atoms with Crippen molar-refractivity contribution in [1.29, 1.82) is 0 Å². The Morgan fingerprint density at radius 1 is 1.38 bits per heavy atom. The van der Waals surface area contributed by atoms with Crippen LogP contribution in [0.2, 0.25) is 0 Å². The quantitative estimate of drug-likeness (QED) is 0.641. The number of carbonyl (C=O) groups is 1. The van der Waals surface area contributed by atoms with Gasteiger partial charge in [0.15, 0.2) is 0 Å². The first-order valence-electron chi connectivity index (χ1n) is 8.65. The van der Waals surface area contributed by atoms with Gasteiger partial charge in [-0.2, -0.15) is 0 Å². The molecule has 4 nitrogen and oxygen atoms in total. The summed E-state index contributed by atoms with van der Waals surface area (Å²) in [6.45, 7) is 2.11. The van der Waals surface area contributed by atoms with Gasteiger partial charge in [-0.3, -0.25) is 4.79 Å². The summed E-state index contributed by atoms with van der Waals surface area (Å²) in [5.41, 5.74) is 3.00. The average molecular weight is 457 g/mol. The molecule has 0 radical (unpaired) electrons. The molecule has 1 atom stereocenters. The Hall–Kier alpha value is -1.08. The lowest BCUT2D eigenvalue weighted by atomic mass is 10.2. The van der Waals surface area contributed by atoms with E-state index in [0.717, 1.165) is 33.0 Å². The predicted octanol–water partition coefficient (Wildman–Crippen LogP) is 4.68. The largest absolute Gasteiger partial charge is 0.370 e. The Balaban J connectivity index is 1.65. The van der Waals surface area contributed by atoms with Crippen molar-refractivity contribution in [1.82, 2.24) is 4.90 Å². The van der Waals surface area contributed by atoms with Gasteiger partial charge in [0.1, 0.15) is 0 Å². The van der Waals surface area contributed by atoms with Crippen molar-refractivity contribution in [2.45, 2.75) is 18.9 Å². The van der Waals surface area contributed by atoms with E-state index in [2.05, 4.69) is 57.3 Å². The van der Waals surface area contributed by atoms with Gasteiger partial charge >= 0.3 is 0 Å². The maximum Gasteiger partial charge on any atom is 0.266 e. The van der Waals surface area contributed by atoms with Crippen LogP contribution in [-0.4, -0.2) is 49.9 Å². The minimum absolute atomic E-state index is 0.0811. The number of hydrogen-bond donors (Lipinski definition) is 1. The van der Waals surface area contributed by atoms with Crippen LogP contribution in [0.25, 0.3) is 0 Å². The van der Waals surface area contributed by atoms with Gasteiger partial charge in [-0.05, 0) is 78.8 Å². The predicted molar refractivity (Wildman–Crippen MR) is 115 cm³/mol. The summed E-state index contributed by atoms with van der Waals surface area (Å²) in [5, 5.41) is 3.00. The van der Waals surface area contributed by atoms with Crippen LogP contribution in [0.3, 0.4) is 0 Å². The van der Waals surface area contributed by atoms with E-state index >= 15 is 0 Å². The number of anilines is 2. The third-order valence-electron chi connectivity index (χ3n) is 4.73. The zero-order valence-corrected chi connectivity index (χ0v) is 18.1. The van der Waals surface area contributed by atoms with Crippen LogP contribution in [0, 0.1) is 0 Å². The molecule has 1 saturated heterocycles. The molecule has 1 aliphatic heterocycles. The standard InChI is InChI=1S/C19H23BrClN3OS/c1-23(2)16-8-10-24(12-16)15-5-3-14(4-6-15)22-19(25)18-13(7-9-21)11-17(20)26-18/h3-6,11,16H,7-10,12H2,1-2H3,(H,22,25)/t16-/m1/s1. The molecule has 0 spiro atoms. The molecule has 1 amide bonds. The van der Waals surface area contributed by atoms with Gasteiger partial charge < -0.3 is 15.1 Å². The minimum atomic E-state index is -0.0811. The number of benzene rings is 1. The molecule has 1 aromatic heterocycles. The molecule has 0 bridgehead atoms. The number of alkyl halides is 1. The molecular formula is C19H23BrClN3OS. The van der Waals surface area contributed by atoms with Gasteiger partial charge in [-0.25, -0.2) is 0 Å². The second-order valence-corrected chi connectivity index (χ2v) is 9.51. The zero-order chi connectivity index (χ0) is 18.7. The number of rotatable bonds is 6. The summed E-state index contributed by atoms with van der Waals surface area (Å²) in [7, 11) is 4.27. The van der Waals surface area contributed by atoms with Crippen LogP contribution in [0.5, 0.6) is 0 Å². The maximum atomic E-state index is 12.6. The lowest BCUT2D eigenvalue weighted by molar-refractivity contribution is 0.103. The van der Waals surface area contributed by atoms with Crippen molar-refractivity contribution in [3.8, 4) is 0 Å². The molecule has 1 aliphatic rings. The lowest BCUT2D eigenvalue weighted by Crippen LogP contribution is -2.31. The smallest absolute Gasteiger partial charge is 0.266 e. The molecular weight excluding hydrogens is 434 g/mol. The van der Waals surface area contributed by atoms with Crippen LogP contribution in [0.4, 0.5) is 11.4 Å². The summed E-state index contributed by atoms with van der Waals surface area (Å²) >= 11 is 10.7. The van der Waals surface area contributed by atoms with E-state index in [4.69, 9.17) is 11.6 Å². The number of nitrogens with one attached hydrogen (secondary N) is 1. The van der Waals surface area contributed by atoms with Gasteiger partial charge in [0, 0.05) is 36.4 Å². The Morgan fingerprint density at radius 3 is 2.73 bits per heavy atom. The molecule has 2 aromatic rings. The summed E-state index contributed by atoms with van der Waals surface area (Å²) in [6, 6.07) is 10.7. The number of carbonyl (C=O) groups excluding carboxylic acids is 1. The summed E-state index contributed by atoms with van der Waals surface area (Å²) in [5.74, 6) is 0.421. The highest BCUT2D eigenvalue weighted by Crippen LogP contribution is 2.29. The number of hydrogen-bond acceptors (Lipinski definition) is 4. The fraction of sp³-hybridized carbons (Fsp3) is 0.421. The third kappa shape index (κ3) is 4.60. The van der Waals surface area contributed by atoms with Crippen molar-refractivity contribution < 1.29 is 4.79 Å². The van der Waals surface area contributed by atoms with Crippen LogP contribution in [0.15, 0.2) is 34.1 Å². The summed E-state index contributed by atoms with van der Waals surface area (Å²) < 4.78 is 0.947.